The molecule has 0 saturated heterocycles. The molecule has 0 aliphatic heterocycles. The summed E-state index contributed by atoms with van der Waals surface area (Å²) in [6.07, 6.45) is 4.54. The maximum Gasteiger partial charge on any atom is 0.0853 e. The fourth-order valence-electron chi connectivity index (χ4n) is 3.52. The molecule has 4 aromatic rings. The van der Waals surface area contributed by atoms with E-state index in [4.69, 9.17) is 23.2 Å². The van der Waals surface area contributed by atoms with E-state index in [-0.39, 0.29) is 6.61 Å². The van der Waals surface area contributed by atoms with Gasteiger partial charge in [0.1, 0.15) is 0 Å². The predicted molar refractivity (Wildman–Crippen MR) is 125 cm³/mol. The standard InChI is InChI=1S/C23H22Cl2N4O/c1-14-3-2-4-19-15(12-28-22(14)19)5-7-27-23-20(24)10-17(11-21(23)25)29-16-6-8-26-18(9-16)13-30/h2-4,6,8-12,27-28,30H,5,7,13H2,1H3,(H,26,29). The van der Waals surface area contributed by atoms with E-state index in [1.54, 1.807) is 12.3 Å². The van der Waals surface area contributed by atoms with Gasteiger partial charge in [0.2, 0.25) is 0 Å². The summed E-state index contributed by atoms with van der Waals surface area (Å²) in [6, 6.07) is 13.6. The van der Waals surface area contributed by atoms with E-state index in [9.17, 15) is 5.11 Å². The van der Waals surface area contributed by atoms with Crippen LogP contribution < -0.4 is 10.6 Å². The number of para-hydroxylation sites is 1. The van der Waals surface area contributed by atoms with Crippen molar-refractivity contribution < 1.29 is 5.11 Å². The van der Waals surface area contributed by atoms with Crippen molar-refractivity contribution in [3.63, 3.8) is 0 Å². The molecule has 0 atom stereocenters. The third kappa shape index (κ3) is 4.38. The van der Waals surface area contributed by atoms with E-state index in [0.29, 0.717) is 28.0 Å². The van der Waals surface area contributed by atoms with Crippen LogP contribution in [-0.4, -0.2) is 21.6 Å². The third-order valence-electron chi connectivity index (χ3n) is 5.01. The van der Waals surface area contributed by atoms with Gasteiger partial charge in [-0.25, -0.2) is 0 Å². The summed E-state index contributed by atoms with van der Waals surface area (Å²) in [5, 5.41) is 18.2. The molecule has 0 amide bonds. The first-order chi connectivity index (χ1) is 14.5. The fraction of sp³-hybridized carbons (Fsp3) is 0.174. The molecule has 4 rings (SSSR count). The summed E-state index contributed by atoms with van der Waals surface area (Å²) in [5.41, 5.74) is 6.53. The predicted octanol–water partition coefficient (Wildman–Crippen LogP) is 6.07. The molecule has 0 aliphatic rings. The van der Waals surface area contributed by atoms with Crippen LogP contribution in [-0.2, 0) is 13.0 Å². The first-order valence-corrected chi connectivity index (χ1v) is 10.4. The number of benzene rings is 2. The van der Waals surface area contributed by atoms with Crippen LogP contribution in [0.1, 0.15) is 16.8 Å². The highest BCUT2D eigenvalue weighted by molar-refractivity contribution is 6.39. The van der Waals surface area contributed by atoms with Crippen molar-refractivity contribution in [3.8, 4) is 0 Å². The second kappa shape index (κ2) is 8.96. The molecule has 7 heteroatoms. The van der Waals surface area contributed by atoms with Gasteiger partial charge >= 0.3 is 0 Å². The Morgan fingerprint density at radius 3 is 2.63 bits per heavy atom. The number of halogens is 2. The number of pyridine rings is 1. The number of H-pyrrole nitrogens is 1. The second-order valence-electron chi connectivity index (χ2n) is 7.12. The molecule has 0 bridgehead atoms. The number of nitrogens with one attached hydrogen (secondary N) is 3. The lowest BCUT2D eigenvalue weighted by atomic mass is 10.1. The van der Waals surface area contributed by atoms with Crippen molar-refractivity contribution in [2.24, 2.45) is 0 Å². The number of aromatic amines is 1. The Bertz CT molecular complexity index is 1170. The molecule has 0 spiro atoms. The molecule has 2 aromatic carbocycles. The lowest BCUT2D eigenvalue weighted by Gasteiger charge is -2.14. The van der Waals surface area contributed by atoms with Gasteiger partial charge in [-0.3, -0.25) is 4.98 Å². The topological polar surface area (TPSA) is 73.0 Å². The van der Waals surface area contributed by atoms with Gasteiger partial charge in [0.05, 0.1) is 28.0 Å². The van der Waals surface area contributed by atoms with Crippen molar-refractivity contribution in [3.05, 3.63) is 81.7 Å². The van der Waals surface area contributed by atoms with Gasteiger partial charge in [-0.1, -0.05) is 41.4 Å². The molecular weight excluding hydrogens is 419 g/mol. The van der Waals surface area contributed by atoms with Crippen molar-refractivity contribution in [2.75, 3.05) is 17.2 Å². The number of hydrogen-bond donors (Lipinski definition) is 4. The number of nitrogens with zero attached hydrogens (tertiary/aromatic N) is 1. The SMILES string of the molecule is Cc1cccc2c(CCNc3c(Cl)cc(Nc4ccnc(CO)c4)cc3Cl)c[nH]c12. The zero-order chi connectivity index (χ0) is 21.1. The second-order valence-corrected chi connectivity index (χ2v) is 7.94. The molecule has 5 nitrogen and oxygen atoms in total. The zero-order valence-electron chi connectivity index (χ0n) is 16.5. The fourth-order valence-corrected chi connectivity index (χ4v) is 4.14. The maximum absolute atomic E-state index is 9.23. The van der Waals surface area contributed by atoms with Gasteiger partial charge in [-0.2, -0.15) is 0 Å². The van der Waals surface area contributed by atoms with Crippen LogP contribution in [0, 0.1) is 6.92 Å². The van der Waals surface area contributed by atoms with E-state index in [0.717, 1.165) is 17.8 Å². The van der Waals surface area contributed by atoms with Gasteiger partial charge in [0.15, 0.2) is 0 Å². The van der Waals surface area contributed by atoms with Crippen LogP contribution >= 0.6 is 23.2 Å². The average molecular weight is 441 g/mol. The Labute approximate surface area is 185 Å². The summed E-state index contributed by atoms with van der Waals surface area (Å²) >= 11 is 13.0. The number of aliphatic hydroxyl groups is 1. The Kier molecular flexibility index (Phi) is 6.13. The van der Waals surface area contributed by atoms with Crippen molar-refractivity contribution in [2.45, 2.75) is 20.0 Å². The summed E-state index contributed by atoms with van der Waals surface area (Å²) in [6.45, 7) is 2.69. The number of aryl methyl sites for hydroxylation is 1. The molecule has 2 aromatic heterocycles. The van der Waals surface area contributed by atoms with Crippen LogP contribution in [0.2, 0.25) is 10.0 Å². The van der Waals surface area contributed by atoms with Crippen LogP contribution in [0.4, 0.5) is 17.1 Å². The molecule has 0 saturated carbocycles. The number of rotatable bonds is 7. The monoisotopic (exact) mass is 440 g/mol. The molecule has 4 N–H and O–H groups in total. The van der Waals surface area contributed by atoms with Gasteiger partial charge in [0, 0.05) is 41.2 Å². The summed E-state index contributed by atoms with van der Waals surface area (Å²) < 4.78 is 0. The van der Waals surface area contributed by atoms with Gasteiger partial charge in [0.25, 0.3) is 0 Å². The van der Waals surface area contributed by atoms with Crippen molar-refractivity contribution in [1.29, 1.82) is 0 Å². The van der Waals surface area contributed by atoms with Crippen molar-refractivity contribution >= 4 is 51.2 Å². The minimum Gasteiger partial charge on any atom is -0.390 e. The largest absolute Gasteiger partial charge is 0.390 e. The Morgan fingerprint density at radius 2 is 1.87 bits per heavy atom. The lowest BCUT2D eigenvalue weighted by molar-refractivity contribution is 0.277. The molecule has 0 unspecified atom stereocenters. The normalized spacial score (nSPS) is 11.1. The molecular formula is C23H22Cl2N4O. The maximum atomic E-state index is 9.23. The summed E-state index contributed by atoms with van der Waals surface area (Å²) in [5.74, 6) is 0. The van der Waals surface area contributed by atoms with Gasteiger partial charge in [-0.05, 0) is 48.7 Å². The minimum absolute atomic E-state index is 0.115. The third-order valence-corrected chi connectivity index (χ3v) is 5.61. The molecule has 154 valence electrons. The minimum atomic E-state index is -0.115. The number of hydrogen-bond acceptors (Lipinski definition) is 4. The average Bonchev–Trinajstić information content (AvgIpc) is 3.14. The number of aliphatic hydroxyl groups excluding tert-OH is 1. The van der Waals surface area contributed by atoms with E-state index < -0.39 is 0 Å². The van der Waals surface area contributed by atoms with Crippen LogP contribution in [0.15, 0.2) is 54.9 Å². The molecule has 2 heterocycles. The van der Waals surface area contributed by atoms with Crippen LogP contribution in [0.3, 0.4) is 0 Å². The van der Waals surface area contributed by atoms with E-state index in [2.05, 4.69) is 51.9 Å². The summed E-state index contributed by atoms with van der Waals surface area (Å²) in [7, 11) is 0. The smallest absolute Gasteiger partial charge is 0.0853 e. The Balaban J connectivity index is 1.45. The highest BCUT2D eigenvalue weighted by Crippen LogP contribution is 2.35. The van der Waals surface area contributed by atoms with E-state index >= 15 is 0 Å². The first-order valence-electron chi connectivity index (χ1n) is 9.66. The van der Waals surface area contributed by atoms with E-state index in [1.807, 2.05) is 18.2 Å². The molecule has 30 heavy (non-hydrogen) atoms. The van der Waals surface area contributed by atoms with Gasteiger partial charge in [-0.15, -0.1) is 0 Å². The first kappa shape index (κ1) is 20.5. The number of aromatic nitrogens is 2. The highest BCUT2D eigenvalue weighted by atomic mass is 35.5. The van der Waals surface area contributed by atoms with Gasteiger partial charge < -0.3 is 20.7 Å². The Morgan fingerprint density at radius 1 is 1.07 bits per heavy atom. The molecule has 0 fully saturated rings. The number of anilines is 3. The summed E-state index contributed by atoms with van der Waals surface area (Å²) in [4.78, 5) is 7.43. The lowest BCUT2D eigenvalue weighted by Crippen LogP contribution is -2.06. The molecule has 0 radical (unpaired) electrons. The quantitative estimate of drug-likeness (QED) is 0.281. The zero-order valence-corrected chi connectivity index (χ0v) is 18.0. The van der Waals surface area contributed by atoms with Crippen LogP contribution in [0.25, 0.3) is 10.9 Å². The molecule has 0 aliphatic carbocycles. The van der Waals surface area contributed by atoms with Crippen LogP contribution in [0.5, 0.6) is 0 Å². The van der Waals surface area contributed by atoms with Crippen molar-refractivity contribution in [1.82, 2.24) is 9.97 Å². The highest BCUT2D eigenvalue weighted by Gasteiger charge is 2.10. The van der Waals surface area contributed by atoms with E-state index in [1.165, 1.54) is 22.0 Å². The Hall–Kier alpha value is -2.73. The number of fused-ring (bicyclic) bond motifs is 1.